The van der Waals surface area contributed by atoms with Gasteiger partial charge < -0.3 is 4.74 Å². The van der Waals surface area contributed by atoms with Crippen molar-refractivity contribution in [3.05, 3.63) is 59.7 Å². The lowest BCUT2D eigenvalue weighted by Crippen LogP contribution is -2.31. The Balaban J connectivity index is 1.99. The number of nitrogens with one attached hydrogen (secondary N) is 1. The highest BCUT2D eigenvalue weighted by molar-refractivity contribution is 7.90. The number of hydrogen-bond donors (Lipinski definition) is 1. The third kappa shape index (κ3) is 5.72. The van der Waals surface area contributed by atoms with E-state index in [9.17, 15) is 26.4 Å². The van der Waals surface area contributed by atoms with E-state index in [2.05, 4.69) is 0 Å². The number of para-hydroxylation sites is 1. The molecule has 0 fully saturated rings. The van der Waals surface area contributed by atoms with Gasteiger partial charge >= 0.3 is 6.18 Å². The van der Waals surface area contributed by atoms with Crippen molar-refractivity contribution < 1.29 is 31.1 Å². The zero-order chi connectivity index (χ0) is 20.8. The van der Waals surface area contributed by atoms with Crippen molar-refractivity contribution in [2.24, 2.45) is 0 Å². The second kappa shape index (κ2) is 8.75. The average molecular weight is 412 g/mol. The van der Waals surface area contributed by atoms with Gasteiger partial charge in [0.15, 0.2) is 0 Å². The molecule has 2 aromatic rings. The highest BCUT2D eigenvalue weighted by Gasteiger charge is 2.35. The zero-order valence-corrected chi connectivity index (χ0v) is 15.2. The summed E-state index contributed by atoms with van der Waals surface area (Å²) in [5.41, 5.74) is -2.10. The minimum atomic E-state index is -4.91. The molecule has 6 nitrogen and oxygen atoms in total. The molecule has 10 heteroatoms. The summed E-state index contributed by atoms with van der Waals surface area (Å²) < 4.78 is 70.3. The van der Waals surface area contributed by atoms with Gasteiger partial charge in [-0.3, -0.25) is 4.79 Å². The smallest absolute Gasteiger partial charge is 0.417 e. The molecule has 0 saturated heterocycles. The Labute approximate surface area is 159 Å². The molecular weight excluding hydrogens is 397 g/mol. The number of rotatable bonds is 7. The lowest BCUT2D eigenvalue weighted by atomic mass is 10.1. The number of nitrogens with zero attached hydrogens (tertiary/aromatic N) is 1. The van der Waals surface area contributed by atoms with Crippen LogP contribution in [0.2, 0.25) is 0 Å². The van der Waals surface area contributed by atoms with E-state index < -0.39 is 38.1 Å². The minimum Gasteiger partial charge on any atom is -0.494 e. The van der Waals surface area contributed by atoms with Gasteiger partial charge in [0.05, 0.1) is 28.7 Å². The summed E-state index contributed by atoms with van der Waals surface area (Å²) in [4.78, 5) is 11.1. The number of alkyl halides is 3. The van der Waals surface area contributed by atoms with Crippen molar-refractivity contribution in [1.82, 2.24) is 4.72 Å². The molecule has 0 heterocycles. The first-order chi connectivity index (χ1) is 13.1. The number of benzene rings is 2. The van der Waals surface area contributed by atoms with Crippen molar-refractivity contribution in [2.45, 2.75) is 23.9 Å². The molecule has 0 unspecified atom stereocenters. The normalized spacial score (nSPS) is 11.5. The second-order valence-electron chi connectivity index (χ2n) is 5.61. The van der Waals surface area contributed by atoms with Crippen LogP contribution in [0.3, 0.4) is 0 Å². The number of nitriles is 1. The van der Waals surface area contributed by atoms with Gasteiger partial charge in [-0.1, -0.05) is 18.2 Å². The molecule has 0 aliphatic rings. The Hall–Kier alpha value is -3.06. The number of sulfonamides is 1. The highest BCUT2D eigenvalue weighted by atomic mass is 32.2. The van der Waals surface area contributed by atoms with Crippen molar-refractivity contribution >= 4 is 15.9 Å². The van der Waals surface area contributed by atoms with Crippen LogP contribution in [-0.2, 0) is 21.0 Å². The first kappa shape index (κ1) is 21.2. The van der Waals surface area contributed by atoms with E-state index >= 15 is 0 Å². The molecule has 0 saturated carbocycles. The van der Waals surface area contributed by atoms with Crippen LogP contribution in [0.5, 0.6) is 5.75 Å². The van der Waals surface area contributed by atoms with Crippen molar-refractivity contribution in [2.75, 3.05) is 6.61 Å². The summed E-state index contributed by atoms with van der Waals surface area (Å²) in [6.45, 7) is 0.159. The van der Waals surface area contributed by atoms with Gasteiger partial charge in [0.25, 0.3) is 10.0 Å². The van der Waals surface area contributed by atoms with Crippen LogP contribution in [0, 0.1) is 11.3 Å². The van der Waals surface area contributed by atoms with Gasteiger partial charge in [-0.25, -0.2) is 13.1 Å². The summed E-state index contributed by atoms with van der Waals surface area (Å²) in [7, 11) is -4.51. The Morgan fingerprint density at radius 3 is 2.43 bits per heavy atom. The molecule has 28 heavy (non-hydrogen) atoms. The van der Waals surface area contributed by atoms with E-state index in [1.807, 2.05) is 0 Å². The van der Waals surface area contributed by atoms with Crippen LogP contribution in [0.1, 0.15) is 24.0 Å². The molecule has 1 amide bonds. The van der Waals surface area contributed by atoms with E-state index in [4.69, 9.17) is 10.00 Å². The number of hydrogen-bond acceptors (Lipinski definition) is 5. The fraction of sp³-hybridized carbons (Fsp3) is 0.222. The van der Waals surface area contributed by atoms with Gasteiger partial charge in [0.2, 0.25) is 5.91 Å². The lowest BCUT2D eigenvalue weighted by molar-refractivity contribution is -0.137. The maximum absolute atomic E-state index is 13.0. The summed E-state index contributed by atoms with van der Waals surface area (Å²) in [5.74, 6) is -0.289. The van der Waals surface area contributed by atoms with E-state index in [0.29, 0.717) is 11.8 Å². The number of carbonyl (C=O) groups excluding carboxylic acids is 1. The standard InChI is InChI=1S/C18H15F3N2O4S/c19-18(20,21)16-11-15(9-8-13(16)12-22)28(25,26)23-17(24)7-4-10-27-14-5-2-1-3-6-14/h1-3,5-6,8-9,11H,4,7,10H2,(H,23,24). The van der Waals surface area contributed by atoms with Crippen LogP contribution in [-0.4, -0.2) is 20.9 Å². The van der Waals surface area contributed by atoms with Gasteiger partial charge in [-0.15, -0.1) is 0 Å². The molecule has 0 aliphatic carbocycles. The van der Waals surface area contributed by atoms with E-state index in [1.54, 1.807) is 35.1 Å². The van der Waals surface area contributed by atoms with Gasteiger partial charge in [-0.05, 0) is 36.8 Å². The van der Waals surface area contributed by atoms with Crippen LogP contribution >= 0.6 is 0 Å². The van der Waals surface area contributed by atoms with E-state index in [0.717, 1.165) is 12.1 Å². The van der Waals surface area contributed by atoms with Gasteiger partial charge in [0, 0.05) is 6.42 Å². The molecular formula is C18H15F3N2O4S. The molecule has 0 bridgehead atoms. The number of ether oxygens (including phenoxy) is 1. The largest absolute Gasteiger partial charge is 0.494 e. The zero-order valence-electron chi connectivity index (χ0n) is 14.4. The Morgan fingerprint density at radius 2 is 1.82 bits per heavy atom. The highest BCUT2D eigenvalue weighted by Crippen LogP contribution is 2.33. The summed E-state index contributed by atoms with van der Waals surface area (Å²) >= 11 is 0. The second-order valence-corrected chi connectivity index (χ2v) is 7.29. The maximum Gasteiger partial charge on any atom is 0.417 e. The SMILES string of the molecule is N#Cc1ccc(S(=O)(=O)NC(=O)CCCOc2ccccc2)cc1C(F)(F)F. The van der Waals surface area contributed by atoms with Crippen LogP contribution in [0.15, 0.2) is 53.4 Å². The minimum absolute atomic E-state index is 0.159. The summed E-state index contributed by atoms with van der Waals surface area (Å²) in [6.07, 6.45) is -4.90. The average Bonchev–Trinajstić information content (AvgIpc) is 2.64. The molecule has 148 valence electrons. The van der Waals surface area contributed by atoms with Crippen LogP contribution < -0.4 is 9.46 Å². The van der Waals surface area contributed by atoms with Gasteiger partial charge in [-0.2, -0.15) is 18.4 Å². The molecule has 0 aromatic heterocycles. The quantitative estimate of drug-likeness (QED) is 0.705. The third-order valence-electron chi connectivity index (χ3n) is 3.54. The summed E-state index contributed by atoms with van der Waals surface area (Å²) in [6, 6.07) is 12.0. The van der Waals surface area contributed by atoms with E-state index in [1.165, 1.54) is 6.07 Å². The molecule has 0 radical (unpaired) electrons. The molecule has 2 rings (SSSR count). The molecule has 1 N–H and O–H groups in total. The topological polar surface area (TPSA) is 96.3 Å². The maximum atomic E-state index is 13.0. The fourth-order valence-electron chi connectivity index (χ4n) is 2.22. The fourth-order valence-corrected chi connectivity index (χ4v) is 3.26. The van der Waals surface area contributed by atoms with Gasteiger partial charge in [0.1, 0.15) is 5.75 Å². The Morgan fingerprint density at radius 1 is 1.14 bits per heavy atom. The Kier molecular flexibility index (Phi) is 6.64. The predicted molar refractivity (Wildman–Crippen MR) is 92.7 cm³/mol. The third-order valence-corrected chi connectivity index (χ3v) is 4.91. The molecule has 0 aliphatic heterocycles. The van der Waals surface area contributed by atoms with Crippen LogP contribution in [0.25, 0.3) is 0 Å². The summed E-state index contributed by atoms with van der Waals surface area (Å²) in [5, 5.41) is 8.74. The van der Waals surface area contributed by atoms with Crippen molar-refractivity contribution in [1.29, 1.82) is 5.26 Å². The van der Waals surface area contributed by atoms with E-state index in [-0.39, 0.29) is 19.4 Å². The molecule has 0 spiro atoms. The van der Waals surface area contributed by atoms with Crippen molar-refractivity contribution in [3.63, 3.8) is 0 Å². The number of carbonyl (C=O) groups is 1. The number of amides is 1. The predicted octanol–water partition coefficient (Wildman–Crippen LogP) is 3.24. The Bertz CT molecular complexity index is 984. The monoisotopic (exact) mass is 412 g/mol. The first-order valence-electron chi connectivity index (χ1n) is 7.98. The molecule has 0 atom stereocenters. The molecule has 2 aromatic carbocycles. The van der Waals surface area contributed by atoms with Crippen molar-refractivity contribution in [3.8, 4) is 11.8 Å². The van der Waals surface area contributed by atoms with Crippen LogP contribution in [0.4, 0.5) is 13.2 Å². The number of halogens is 3. The first-order valence-corrected chi connectivity index (χ1v) is 9.46. The lowest BCUT2D eigenvalue weighted by Gasteiger charge is -2.12.